The molecule has 0 bridgehead atoms. The maximum atomic E-state index is 12.0. The Labute approximate surface area is 148 Å². The zero-order valence-electron chi connectivity index (χ0n) is 14.7. The zero-order valence-corrected chi connectivity index (χ0v) is 14.7. The molecule has 0 radical (unpaired) electrons. The summed E-state index contributed by atoms with van der Waals surface area (Å²) in [6.45, 7) is 3.96. The van der Waals surface area contributed by atoms with Gasteiger partial charge in [-0.15, -0.1) is 0 Å². The van der Waals surface area contributed by atoms with Crippen molar-refractivity contribution in [3.8, 4) is 11.8 Å². The second-order valence-corrected chi connectivity index (χ2v) is 5.92. The number of nitrogens with zero attached hydrogens (tertiary/aromatic N) is 2. The fourth-order valence-corrected chi connectivity index (χ4v) is 2.26. The van der Waals surface area contributed by atoms with Crippen LogP contribution in [0.3, 0.4) is 0 Å². The third-order valence-electron chi connectivity index (χ3n) is 3.80. The van der Waals surface area contributed by atoms with Crippen LogP contribution in [0.5, 0.6) is 5.75 Å². The lowest BCUT2D eigenvalue weighted by atomic mass is 10.2. The van der Waals surface area contributed by atoms with Gasteiger partial charge in [-0.2, -0.15) is 5.26 Å². The third-order valence-corrected chi connectivity index (χ3v) is 3.80. The average molecular weight is 337 g/mol. The van der Waals surface area contributed by atoms with Gasteiger partial charge in [-0.3, -0.25) is 4.79 Å². The van der Waals surface area contributed by atoms with Crippen molar-refractivity contribution in [2.24, 2.45) is 0 Å². The molecule has 2 aromatic rings. The number of benzene rings is 2. The highest BCUT2D eigenvalue weighted by atomic mass is 16.5. The molecule has 0 aliphatic rings. The summed E-state index contributed by atoms with van der Waals surface area (Å²) in [4.78, 5) is 14.1. The van der Waals surface area contributed by atoms with Gasteiger partial charge in [0.05, 0.1) is 11.3 Å². The molecule has 2 rings (SSSR count). The van der Waals surface area contributed by atoms with Crippen LogP contribution in [-0.2, 0) is 4.79 Å². The van der Waals surface area contributed by atoms with E-state index in [1.807, 2.05) is 43.1 Å². The number of hydrogen-bond donors (Lipinski definition) is 1. The topological polar surface area (TPSA) is 65.4 Å². The molecular formula is C20H23N3O2. The van der Waals surface area contributed by atoms with Gasteiger partial charge < -0.3 is 15.0 Å². The number of hydrogen-bond acceptors (Lipinski definition) is 4. The van der Waals surface area contributed by atoms with Crippen LogP contribution in [0.4, 0.5) is 5.69 Å². The van der Waals surface area contributed by atoms with E-state index in [1.54, 1.807) is 24.3 Å². The van der Waals surface area contributed by atoms with E-state index in [1.165, 1.54) is 5.56 Å². The van der Waals surface area contributed by atoms with Gasteiger partial charge in [0.1, 0.15) is 18.4 Å². The molecule has 0 saturated carbocycles. The summed E-state index contributed by atoms with van der Waals surface area (Å²) in [5.41, 5.74) is 2.23. The molecule has 1 amide bonds. The summed E-state index contributed by atoms with van der Waals surface area (Å²) in [6.07, 6.45) is 0.362. The van der Waals surface area contributed by atoms with E-state index in [9.17, 15) is 4.79 Å². The first-order valence-corrected chi connectivity index (χ1v) is 8.25. The van der Waals surface area contributed by atoms with Gasteiger partial charge in [-0.25, -0.2) is 0 Å². The van der Waals surface area contributed by atoms with E-state index < -0.39 is 0 Å². The normalized spacial score (nSPS) is 10.3. The minimum Gasteiger partial charge on any atom is -0.492 e. The number of nitrogens with one attached hydrogen (secondary N) is 1. The lowest BCUT2D eigenvalue weighted by Gasteiger charge is -2.17. The van der Waals surface area contributed by atoms with Gasteiger partial charge in [0.2, 0.25) is 5.91 Å². The number of amides is 1. The molecule has 0 saturated heterocycles. The van der Waals surface area contributed by atoms with E-state index in [4.69, 9.17) is 10.00 Å². The Morgan fingerprint density at radius 3 is 2.60 bits per heavy atom. The quantitative estimate of drug-likeness (QED) is 0.803. The number of carbonyl (C=O) groups is 1. The zero-order chi connectivity index (χ0) is 18.1. The number of nitriles is 1. The van der Waals surface area contributed by atoms with Crippen molar-refractivity contribution < 1.29 is 9.53 Å². The van der Waals surface area contributed by atoms with E-state index in [0.717, 1.165) is 12.3 Å². The monoisotopic (exact) mass is 337 g/mol. The Balaban J connectivity index is 1.69. The van der Waals surface area contributed by atoms with Crippen LogP contribution in [0.25, 0.3) is 0 Å². The van der Waals surface area contributed by atoms with Crippen molar-refractivity contribution in [2.75, 3.05) is 32.1 Å². The van der Waals surface area contributed by atoms with Gasteiger partial charge in [-0.05, 0) is 38.2 Å². The van der Waals surface area contributed by atoms with Crippen LogP contribution in [0.1, 0.15) is 17.5 Å². The fraction of sp³-hybridized carbons (Fsp3) is 0.300. The number of rotatable bonds is 8. The van der Waals surface area contributed by atoms with Crippen LogP contribution in [0.2, 0.25) is 0 Å². The highest BCUT2D eigenvalue weighted by Crippen LogP contribution is 2.14. The maximum Gasteiger partial charge on any atom is 0.225 e. The number of para-hydroxylation sites is 1. The summed E-state index contributed by atoms with van der Waals surface area (Å²) in [5, 5.41) is 11.8. The first kappa shape index (κ1) is 18.5. The Morgan fingerprint density at radius 2 is 1.88 bits per heavy atom. The van der Waals surface area contributed by atoms with E-state index in [0.29, 0.717) is 30.8 Å². The van der Waals surface area contributed by atoms with Crippen LogP contribution in [0, 0.1) is 18.3 Å². The SMILES string of the molecule is Cc1ccc(OCCN(C)CCC(=O)Nc2ccccc2C#N)cc1. The molecular weight excluding hydrogens is 314 g/mol. The molecule has 2 aromatic carbocycles. The minimum atomic E-state index is -0.103. The highest BCUT2D eigenvalue weighted by molar-refractivity contribution is 5.92. The van der Waals surface area contributed by atoms with Crippen LogP contribution < -0.4 is 10.1 Å². The summed E-state index contributed by atoms with van der Waals surface area (Å²) >= 11 is 0. The second-order valence-electron chi connectivity index (χ2n) is 5.92. The van der Waals surface area contributed by atoms with Crippen molar-refractivity contribution >= 4 is 11.6 Å². The molecule has 0 fully saturated rings. The summed E-state index contributed by atoms with van der Waals surface area (Å²) < 4.78 is 5.69. The van der Waals surface area contributed by atoms with Crippen molar-refractivity contribution in [1.29, 1.82) is 5.26 Å². The molecule has 0 aromatic heterocycles. The molecule has 130 valence electrons. The van der Waals surface area contributed by atoms with Crippen molar-refractivity contribution in [1.82, 2.24) is 4.90 Å². The molecule has 0 spiro atoms. The van der Waals surface area contributed by atoms with Gasteiger partial charge >= 0.3 is 0 Å². The maximum absolute atomic E-state index is 12.0. The number of aryl methyl sites for hydroxylation is 1. The molecule has 0 aliphatic carbocycles. The number of likely N-dealkylation sites (N-methyl/N-ethyl adjacent to an activating group) is 1. The molecule has 25 heavy (non-hydrogen) atoms. The van der Waals surface area contributed by atoms with E-state index >= 15 is 0 Å². The Bertz CT molecular complexity index is 735. The highest BCUT2D eigenvalue weighted by Gasteiger charge is 2.08. The molecule has 5 nitrogen and oxygen atoms in total. The van der Waals surface area contributed by atoms with Gasteiger partial charge in [0, 0.05) is 19.5 Å². The average Bonchev–Trinajstić information content (AvgIpc) is 2.62. The predicted octanol–water partition coefficient (Wildman–Crippen LogP) is 3.21. The molecule has 0 aliphatic heterocycles. The number of ether oxygens (including phenoxy) is 1. The largest absolute Gasteiger partial charge is 0.492 e. The van der Waals surface area contributed by atoms with Gasteiger partial charge in [0.15, 0.2) is 0 Å². The molecule has 0 unspecified atom stereocenters. The van der Waals surface area contributed by atoms with Gasteiger partial charge in [-0.1, -0.05) is 29.8 Å². The molecule has 0 heterocycles. The predicted molar refractivity (Wildman–Crippen MR) is 98.6 cm³/mol. The van der Waals surface area contributed by atoms with Crippen molar-refractivity contribution in [2.45, 2.75) is 13.3 Å². The smallest absolute Gasteiger partial charge is 0.225 e. The fourth-order valence-electron chi connectivity index (χ4n) is 2.26. The van der Waals surface area contributed by atoms with Crippen LogP contribution in [-0.4, -0.2) is 37.6 Å². The van der Waals surface area contributed by atoms with E-state index in [2.05, 4.69) is 11.4 Å². The number of anilines is 1. The van der Waals surface area contributed by atoms with Crippen LogP contribution >= 0.6 is 0 Å². The summed E-state index contributed by atoms with van der Waals surface area (Å²) in [5.74, 6) is 0.749. The first-order chi connectivity index (χ1) is 12.1. The Hall–Kier alpha value is -2.84. The van der Waals surface area contributed by atoms with Crippen molar-refractivity contribution in [3.63, 3.8) is 0 Å². The Morgan fingerprint density at radius 1 is 1.16 bits per heavy atom. The molecule has 0 atom stereocenters. The molecule has 1 N–H and O–H groups in total. The standard InChI is InChI=1S/C20H23N3O2/c1-16-7-9-18(10-8-16)25-14-13-23(2)12-11-20(24)22-19-6-4-3-5-17(19)15-21/h3-10H,11-14H2,1-2H3,(H,22,24). The van der Waals surface area contributed by atoms with Crippen LogP contribution in [0.15, 0.2) is 48.5 Å². The van der Waals surface area contributed by atoms with Gasteiger partial charge in [0.25, 0.3) is 0 Å². The third kappa shape index (κ3) is 6.28. The van der Waals surface area contributed by atoms with E-state index in [-0.39, 0.29) is 5.91 Å². The second kappa shape index (κ2) is 9.45. The minimum absolute atomic E-state index is 0.103. The summed E-state index contributed by atoms with van der Waals surface area (Å²) in [6, 6.07) is 17.0. The number of carbonyl (C=O) groups excluding carboxylic acids is 1. The van der Waals surface area contributed by atoms with Crippen molar-refractivity contribution in [3.05, 3.63) is 59.7 Å². The lowest BCUT2D eigenvalue weighted by molar-refractivity contribution is -0.116. The molecule has 5 heteroatoms. The first-order valence-electron chi connectivity index (χ1n) is 8.25. The lowest BCUT2D eigenvalue weighted by Crippen LogP contribution is -2.28. The summed E-state index contributed by atoms with van der Waals surface area (Å²) in [7, 11) is 1.95. The Kier molecular flexibility index (Phi) is 7.00.